The van der Waals surface area contributed by atoms with E-state index in [1.807, 2.05) is 11.0 Å². The molecule has 1 aromatic rings. The molecule has 23 heavy (non-hydrogen) atoms. The van der Waals surface area contributed by atoms with Crippen LogP contribution in [0.2, 0.25) is 5.02 Å². The van der Waals surface area contributed by atoms with E-state index in [-0.39, 0.29) is 30.7 Å². The first-order chi connectivity index (χ1) is 11.1. The zero-order valence-electron chi connectivity index (χ0n) is 13.7. The summed E-state index contributed by atoms with van der Waals surface area (Å²) in [5, 5.41) is 0.712. The second kappa shape index (κ2) is 7.16. The number of carbonyl (C=O) groups excluding carboxylic acids is 1. The second-order valence-corrected chi connectivity index (χ2v) is 7.04. The van der Waals surface area contributed by atoms with Crippen LogP contribution in [0.1, 0.15) is 32.3 Å². The summed E-state index contributed by atoms with van der Waals surface area (Å²) in [5.41, 5.74) is 1.10. The number of hydrogen-bond donors (Lipinski definition) is 0. The van der Waals surface area contributed by atoms with Crippen LogP contribution < -0.4 is 0 Å². The van der Waals surface area contributed by atoms with Gasteiger partial charge in [-0.3, -0.25) is 14.7 Å². The molecular formula is C17H24ClN3O2. The minimum absolute atomic E-state index is 0.117. The molecule has 2 aliphatic rings. The van der Waals surface area contributed by atoms with E-state index in [0.29, 0.717) is 5.02 Å². The van der Waals surface area contributed by atoms with Gasteiger partial charge in [-0.2, -0.15) is 0 Å². The largest absolute Gasteiger partial charge is 0.366 e. The van der Waals surface area contributed by atoms with Crippen LogP contribution in [0.4, 0.5) is 0 Å². The molecule has 0 aliphatic carbocycles. The summed E-state index contributed by atoms with van der Waals surface area (Å²) in [5.74, 6) is 0.117. The maximum absolute atomic E-state index is 12.2. The highest BCUT2D eigenvalue weighted by molar-refractivity contribution is 6.31. The lowest BCUT2D eigenvalue weighted by Crippen LogP contribution is -2.56. The molecule has 5 nitrogen and oxygen atoms in total. The average Bonchev–Trinajstić information content (AvgIpc) is 2.72. The number of halogens is 1. The summed E-state index contributed by atoms with van der Waals surface area (Å²) in [6.07, 6.45) is 5.51. The van der Waals surface area contributed by atoms with E-state index < -0.39 is 0 Å². The van der Waals surface area contributed by atoms with Gasteiger partial charge in [0, 0.05) is 38.1 Å². The molecule has 2 atom stereocenters. The molecule has 2 aliphatic heterocycles. The number of amides is 1. The molecule has 0 N–H and O–H groups in total. The Morgan fingerprint density at radius 3 is 2.91 bits per heavy atom. The number of aromatic nitrogens is 1. The van der Waals surface area contributed by atoms with Crippen molar-refractivity contribution in [3.63, 3.8) is 0 Å². The van der Waals surface area contributed by atoms with E-state index in [9.17, 15) is 4.79 Å². The topological polar surface area (TPSA) is 45.7 Å². The summed E-state index contributed by atoms with van der Waals surface area (Å²) in [7, 11) is 0. The third-order valence-electron chi connectivity index (χ3n) is 4.77. The van der Waals surface area contributed by atoms with Gasteiger partial charge in [0.15, 0.2) is 0 Å². The lowest BCUT2D eigenvalue weighted by Gasteiger charge is -2.42. The van der Waals surface area contributed by atoms with E-state index in [1.54, 1.807) is 12.4 Å². The Balaban J connectivity index is 1.69. The molecule has 0 spiro atoms. The van der Waals surface area contributed by atoms with Gasteiger partial charge in [-0.25, -0.2) is 0 Å². The van der Waals surface area contributed by atoms with Gasteiger partial charge in [0.2, 0.25) is 5.91 Å². The van der Waals surface area contributed by atoms with Crippen molar-refractivity contribution < 1.29 is 9.53 Å². The Bertz CT molecular complexity index is 567. The highest BCUT2D eigenvalue weighted by Crippen LogP contribution is 2.27. The SMILES string of the molecule is CC(C)N1C(=O)CO[C@H]2CCN(Cc3ccncc3Cl)CC[C@@H]21. The molecule has 1 amide bonds. The number of fused-ring (bicyclic) bond motifs is 1. The summed E-state index contributed by atoms with van der Waals surface area (Å²) in [6.45, 7) is 7.10. The Hall–Kier alpha value is -1.17. The Morgan fingerprint density at radius 2 is 2.17 bits per heavy atom. The summed E-state index contributed by atoms with van der Waals surface area (Å²) < 4.78 is 5.82. The minimum atomic E-state index is 0.117. The zero-order valence-corrected chi connectivity index (χ0v) is 14.5. The predicted molar refractivity (Wildman–Crippen MR) is 89.3 cm³/mol. The quantitative estimate of drug-likeness (QED) is 0.849. The second-order valence-electron chi connectivity index (χ2n) is 6.63. The number of rotatable bonds is 3. The first-order valence-electron chi connectivity index (χ1n) is 8.29. The number of nitrogens with zero attached hydrogens (tertiary/aromatic N) is 3. The Kier molecular flexibility index (Phi) is 5.19. The van der Waals surface area contributed by atoms with Gasteiger partial charge in [0.05, 0.1) is 17.2 Å². The number of ether oxygens (including phenoxy) is 1. The first-order valence-corrected chi connectivity index (χ1v) is 8.67. The highest BCUT2D eigenvalue weighted by atomic mass is 35.5. The average molecular weight is 338 g/mol. The van der Waals surface area contributed by atoms with Gasteiger partial charge in [0.1, 0.15) is 6.61 Å². The first kappa shape index (κ1) is 16.7. The van der Waals surface area contributed by atoms with Crippen LogP contribution in [0.15, 0.2) is 18.5 Å². The van der Waals surface area contributed by atoms with E-state index in [0.717, 1.165) is 38.0 Å². The van der Waals surface area contributed by atoms with E-state index in [2.05, 4.69) is 23.7 Å². The molecule has 6 heteroatoms. The smallest absolute Gasteiger partial charge is 0.249 e. The van der Waals surface area contributed by atoms with Crippen molar-refractivity contribution in [1.29, 1.82) is 0 Å². The van der Waals surface area contributed by atoms with Gasteiger partial charge >= 0.3 is 0 Å². The van der Waals surface area contributed by atoms with Crippen LogP contribution in [0.25, 0.3) is 0 Å². The molecule has 2 fully saturated rings. The van der Waals surface area contributed by atoms with Crippen LogP contribution >= 0.6 is 11.6 Å². The molecule has 0 bridgehead atoms. The van der Waals surface area contributed by atoms with Crippen molar-refractivity contribution in [2.75, 3.05) is 19.7 Å². The Labute approximate surface area is 142 Å². The van der Waals surface area contributed by atoms with Gasteiger partial charge in [-0.05, 0) is 38.3 Å². The van der Waals surface area contributed by atoms with Gasteiger partial charge in [-0.15, -0.1) is 0 Å². The molecule has 0 unspecified atom stereocenters. The van der Waals surface area contributed by atoms with E-state index in [1.165, 1.54) is 0 Å². The van der Waals surface area contributed by atoms with Crippen LogP contribution in [-0.4, -0.2) is 58.6 Å². The molecule has 0 aromatic carbocycles. The van der Waals surface area contributed by atoms with E-state index in [4.69, 9.17) is 16.3 Å². The number of likely N-dealkylation sites (tertiary alicyclic amines) is 1. The monoisotopic (exact) mass is 337 g/mol. The molecular weight excluding hydrogens is 314 g/mol. The fourth-order valence-corrected chi connectivity index (χ4v) is 3.85. The summed E-state index contributed by atoms with van der Waals surface area (Å²) in [6, 6.07) is 2.38. The van der Waals surface area contributed by atoms with Crippen molar-refractivity contribution in [3.8, 4) is 0 Å². The minimum Gasteiger partial charge on any atom is -0.366 e. The molecule has 1 aromatic heterocycles. The van der Waals surface area contributed by atoms with Crippen molar-refractivity contribution in [2.45, 2.75) is 51.4 Å². The van der Waals surface area contributed by atoms with Crippen LogP contribution in [-0.2, 0) is 16.1 Å². The van der Waals surface area contributed by atoms with Gasteiger partial charge < -0.3 is 9.64 Å². The fraction of sp³-hybridized carbons (Fsp3) is 0.647. The number of carbonyl (C=O) groups is 1. The molecule has 126 valence electrons. The third kappa shape index (κ3) is 3.67. The molecule has 3 heterocycles. The molecule has 3 rings (SSSR count). The van der Waals surface area contributed by atoms with Crippen LogP contribution in [0.5, 0.6) is 0 Å². The maximum atomic E-state index is 12.2. The Morgan fingerprint density at radius 1 is 1.39 bits per heavy atom. The normalized spacial score (nSPS) is 26.3. The van der Waals surface area contributed by atoms with Gasteiger partial charge in [-0.1, -0.05) is 11.6 Å². The summed E-state index contributed by atoms with van der Waals surface area (Å²) >= 11 is 6.22. The summed E-state index contributed by atoms with van der Waals surface area (Å²) in [4.78, 5) is 20.6. The van der Waals surface area contributed by atoms with Crippen molar-refractivity contribution in [3.05, 3.63) is 29.0 Å². The highest BCUT2D eigenvalue weighted by Gasteiger charge is 2.39. The van der Waals surface area contributed by atoms with Crippen molar-refractivity contribution in [1.82, 2.24) is 14.8 Å². The maximum Gasteiger partial charge on any atom is 0.249 e. The van der Waals surface area contributed by atoms with Crippen LogP contribution in [0.3, 0.4) is 0 Å². The van der Waals surface area contributed by atoms with Crippen molar-refractivity contribution >= 4 is 17.5 Å². The number of pyridine rings is 1. The lowest BCUT2D eigenvalue weighted by atomic mass is 10.0. The van der Waals surface area contributed by atoms with Gasteiger partial charge in [0.25, 0.3) is 0 Å². The number of hydrogen-bond acceptors (Lipinski definition) is 4. The molecule has 0 saturated carbocycles. The van der Waals surface area contributed by atoms with Crippen LogP contribution in [0, 0.1) is 0 Å². The standard InChI is InChI=1S/C17H24ClN3O2/c1-12(2)21-15-4-7-20(8-5-16(15)23-11-17(21)22)10-13-3-6-19-9-14(13)18/h3,6,9,12,15-16H,4-5,7-8,10-11H2,1-2H3/t15-,16-/m0/s1. The lowest BCUT2D eigenvalue weighted by molar-refractivity contribution is -0.160. The van der Waals surface area contributed by atoms with E-state index >= 15 is 0 Å². The zero-order chi connectivity index (χ0) is 16.4. The molecule has 0 radical (unpaired) electrons. The fourth-order valence-electron chi connectivity index (χ4n) is 3.67. The van der Waals surface area contributed by atoms with Crippen molar-refractivity contribution in [2.24, 2.45) is 0 Å². The number of morpholine rings is 1. The molecule has 2 saturated heterocycles. The third-order valence-corrected chi connectivity index (χ3v) is 5.11. The predicted octanol–water partition coefficient (Wildman–Crippen LogP) is 2.34.